The van der Waals surface area contributed by atoms with E-state index in [0.29, 0.717) is 0 Å². The van der Waals surface area contributed by atoms with Crippen LogP contribution in [0.1, 0.15) is 0 Å². The van der Waals surface area contributed by atoms with Crippen LogP contribution in [0.15, 0.2) is 72.8 Å². The van der Waals surface area contributed by atoms with Crippen LogP contribution in [0.5, 0.6) is 0 Å². The SMILES string of the molecule is Clc1ccc(-c2ccc(-c3ccc(I)cc3)cc2)cc1. The third kappa shape index (κ3) is 3.05. The zero-order chi connectivity index (χ0) is 13.9. The standard InChI is InChI=1S/C18H12ClI/c19-17-9-5-15(6-10-17)13-1-3-14(4-2-13)16-7-11-18(20)12-8-16/h1-12H. The van der Waals surface area contributed by atoms with Crippen LogP contribution in [-0.4, -0.2) is 0 Å². The molecule has 20 heavy (non-hydrogen) atoms. The second kappa shape index (κ2) is 5.98. The average Bonchev–Trinajstić information content (AvgIpc) is 2.49. The van der Waals surface area contributed by atoms with E-state index in [1.165, 1.54) is 25.8 Å². The molecule has 0 bridgehead atoms. The van der Waals surface area contributed by atoms with Gasteiger partial charge < -0.3 is 0 Å². The Labute approximate surface area is 137 Å². The molecule has 0 aliphatic carbocycles. The molecule has 2 heteroatoms. The molecule has 3 aromatic carbocycles. The van der Waals surface area contributed by atoms with E-state index in [1.54, 1.807) is 0 Å². The molecular formula is C18H12ClI. The van der Waals surface area contributed by atoms with Gasteiger partial charge in [-0.3, -0.25) is 0 Å². The Hall–Kier alpha value is -1.32. The van der Waals surface area contributed by atoms with Gasteiger partial charge in [0, 0.05) is 8.59 Å². The van der Waals surface area contributed by atoms with E-state index in [4.69, 9.17) is 11.6 Å². The van der Waals surface area contributed by atoms with Crippen molar-refractivity contribution in [2.75, 3.05) is 0 Å². The van der Waals surface area contributed by atoms with Gasteiger partial charge in [0.05, 0.1) is 0 Å². The zero-order valence-electron chi connectivity index (χ0n) is 10.7. The van der Waals surface area contributed by atoms with E-state index in [0.717, 1.165) is 5.02 Å². The zero-order valence-corrected chi connectivity index (χ0v) is 13.6. The molecule has 0 aliphatic rings. The molecule has 0 atom stereocenters. The summed E-state index contributed by atoms with van der Waals surface area (Å²) in [6.07, 6.45) is 0. The fourth-order valence-corrected chi connectivity index (χ4v) is 2.63. The molecule has 0 amide bonds. The first-order chi connectivity index (χ1) is 9.72. The van der Waals surface area contributed by atoms with Gasteiger partial charge in [-0.15, -0.1) is 0 Å². The summed E-state index contributed by atoms with van der Waals surface area (Å²) in [6, 6.07) is 25.1. The predicted molar refractivity (Wildman–Crippen MR) is 95.0 cm³/mol. The van der Waals surface area contributed by atoms with Gasteiger partial charge in [0.15, 0.2) is 0 Å². The van der Waals surface area contributed by atoms with E-state index in [-0.39, 0.29) is 0 Å². The van der Waals surface area contributed by atoms with Crippen LogP contribution >= 0.6 is 34.2 Å². The number of hydrogen-bond acceptors (Lipinski definition) is 0. The second-order valence-electron chi connectivity index (χ2n) is 4.59. The van der Waals surface area contributed by atoms with Crippen LogP contribution in [-0.2, 0) is 0 Å². The minimum Gasteiger partial charge on any atom is -0.0843 e. The Balaban J connectivity index is 1.91. The first-order valence-electron chi connectivity index (χ1n) is 6.34. The van der Waals surface area contributed by atoms with Gasteiger partial charge in [0.2, 0.25) is 0 Å². The Morgan fingerprint density at radius 3 is 1.20 bits per heavy atom. The molecule has 0 aliphatic heterocycles. The summed E-state index contributed by atoms with van der Waals surface area (Å²) in [4.78, 5) is 0. The molecule has 3 rings (SSSR count). The lowest BCUT2D eigenvalue weighted by molar-refractivity contribution is 1.57. The van der Waals surface area contributed by atoms with Crippen LogP contribution in [0.4, 0.5) is 0 Å². The summed E-state index contributed by atoms with van der Waals surface area (Å²) in [5.41, 5.74) is 4.87. The van der Waals surface area contributed by atoms with E-state index < -0.39 is 0 Å². The summed E-state index contributed by atoms with van der Waals surface area (Å²) < 4.78 is 1.25. The molecule has 0 unspecified atom stereocenters. The third-order valence-electron chi connectivity index (χ3n) is 3.24. The summed E-state index contributed by atoms with van der Waals surface area (Å²) in [7, 11) is 0. The van der Waals surface area contributed by atoms with Crippen molar-refractivity contribution in [3.63, 3.8) is 0 Å². The monoisotopic (exact) mass is 390 g/mol. The number of hydrogen-bond donors (Lipinski definition) is 0. The van der Waals surface area contributed by atoms with Crippen LogP contribution in [0.2, 0.25) is 5.02 Å². The smallest absolute Gasteiger partial charge is 0.0406 e. The van der Waals surface area contributed by atoms with Crippen molar-refractivity contribution in [1.82, 2.24) is 0 Å². The summed E-state index contributed by atoms with van der Waals surface area (Å²) >= 11 is 8.24. The maximum absolute atomic E-state index is 5.92. The van der Waals surface area contributed by atoms with E-state index in [9.17, 15) is 0 Å². The first-order valence-corrected chi connectivity index (χ1v) is 7.80. The van der Waals surface area contributed by atoms with Crippen LogP contribution in [0, 0.1) is 3.57 Å². The van der Waals surface area contributed by atoms with Crippen molar-refractivity contribution in [2.24, 2.45) is 0 Å². The van der Waals surface area contributed by atoms with Gasteiger partial charge in [-0.1, -0.05) is 60.1 Å². The molecule has 0 aromatic heterocycles. The Bertz CT molecular complexity index is 633. The highest BCUT2D eigenvalue weighted by atomic mass is 127. The minimum atomic E-state index is 0.768. The molecule has 0 heterocycles. The number of benzene rings is 3. The molecule has 0 saturated carbocycles. The molecule has 0 radical (unpaired) electrons. The van der Waals surface area contributed by atoms with Crippen molar-refractivity contribution < 1.29 is 0 Å². The van der Waals surface area contributed by atoms with Gasteiger partial charge in [0.25, 0.3) is 0 Å². The maximum atomic E-state index is 5.92. The molecule has 98 valence electrons. The predicted octanol–water partition coefficient (Wildman–Crippen LogP) is 6.28. The van der Waals surface area contributed by atoms with Gasteiger partial charge in [0.1, 0.15) is 0 Å². The lowest BCUT2D eigenvalue weighted by Gasteiger charge is -2.05. The van der Waals surface area contributed by atoms with Crippen molar-refractivity contribution in [2.45, 2.75) is 0 Å². The third-order valence-corrected chi connectivity index (χ3v) is 4.21. The Morgan fingerprint density at radius 2 is 0.800 bits per heavy atom. The first kappa shape index (κ1) is 13.7. The number of halogens is 2. The van der Waals surface area contributed by atoms with Gasteiger partial charge >= 0.3 is 0 Å². The van der Waals surface area contributed by atoms with Crippen molar-refractivity contribution >= 4 is 34.2 Å². The van der Waals surface area contributed by atoms with Gasteiger partial charge in [-0.25, -0.2) is 0 Å². The lowest BCUT2D eigenvalue weighted by Crippen LogP contribution is -1.81. The average molecular weight is 391 g/mol. The number of rotatable bonds is 2. The van der Waals surface area contributed by atoms with Crippen molar-refractivity contribution in [3.05, 3.63) is 81.4 Å². The summed E-state index contributed by atoms with van der Waals surface area (Å²) in [5.74, 6) is 0. The molecule has 0 saturated heterocycles. The molecule has 0 spiro atoms. The Morgan fingerprint density at radius 1 is 0.500 bits per heavy atom. The molecule has 0 nitrogen and oxygen atoms in total. The van der Waals surface area contributed by atoms with E-state index in [1.807, 2.05) is 24.3 Å². The molecule has 0 fully saturated rings. The Kier molecular flexibility index (Phi) is 4.08. The lowest BCUT2D eigenvalue weighted by atomic mass is 10.0. The quantitative estimate of drug-likeness (QED) is 0.452. The fourth-order valence-electron chi connectivity index (χ4n) is 2.14. The largest absolute Gasteiger partial charge is 0.0843 e. The normalized spacial score (nSPS) is 10.5. The van der Waals surface area contributed by atoms with Gasteiger partial charge in [-0.05, 0) is 69.1 Å². The van der Waals surface area contributed by atoms with Crippen LogP contribution in [0.25, 0.3) is 22.3 Å². The molecule has 3 aromatic rings. The van der Waals surface area contributed by atoms with Crippen molar-refractivity contribution in [3.8, 4) is 22.3 Å². The van der Waals surface area contributed by atoms with E-state index >= 15 is 0 Å². The highest BCUT2D eigenvalue weighted by Gasteiger charge is 2.00. The second-order valence-corrected chi connectivity index (χ2v) is 6.27. The van der Waals surface area contributed by atoms with Gasteiger partial charge in [-0.2, -0.15) is 0 Å². The van der Waals surface area contributed by atoms with E-state index in [2.05, 4.69) is 71.1 Å². The highest BCUT2D eigenvalue weighted by Crippen LogP contribution is 2.26. The van der Waals surface area contributed by atoms with Crippen LogP contribution < -0.4 is 0 Å². The van der Waals surface area contributed by atoms with Crippen LogP contribution in [0.3, 0.4) is 0 Å². The minimum absolute atomic E-state index is 0.768. The summed E-state index contributed by atoms with van der Waals surface area (Å²) in [6.45, 7) is 0. The highest BCUT2D eigenvalue weighted by molar-refractivity contribution is 14.1. The molecular weight excluding hydrogens is 379 g/mol. The van der Waals surface area contributed by atoms with Crippen molar-refractivity contribution in [1.29, 1.82) is 0 Å². The summed E-state index contributed by atoms with van der Waals surface area (Å²) in [5, 5.41) is 0.768. The maximum Gasteiger partial charge on any atom is 0.0406 e. The molecule has 0 N–H and O–H groups in total. The topological polar surface area (TPSA) is 0 Å². The fraction of sp³-hybridized carbons (Fsp3) is 0.